The van der Waals surface area contributed by atoms with Crippen LogP contribution in [0.5, 0.6) is 0 Å². The summed E-state index contributed by atoms with van der Waals surface area (Å²) in [6.07, 6.45) is 2.16. The fourth-order valence-corrected chi connectivity index (χ4v) is 2.55. The van der Waals surface area contributed by atoms with Crippen molar-refractivity contribution in [3.63, 3.8) is 0 Å². The Kier molecular flexibility index (Phi) is 6.29. The zero-order valence-electron chi connectivity index (χ0n) is 13.8. The van der Waals surface area contributed by atoms with E-state index in [2.05, 4.69) is 29.0 Å². The molecular weight excluding hydrogens is 292 g/mol. The number of hydrogen-bond donors (Lipinski definition) is 1. The van der Waals surface area contributed by atoms with E-state index in [1.165, 1.54) is 10.8 Å². The monoisotopic (exact) mass is 316 g/mol. The van der Waals surface area contributed by atoms with Gasteiger partial charge < -0.3 is 10.2 Å². The number of rotatable bonds is 8. The molecule has 0 saturated carbocycles. The molecule has 0 atom stereocenters. The summed E-state index contributed by atoms with van der Waals surface area (Å²) in [7, 11) is 0. The average Bonchev–Trinajstić information content (AvgIpc) is 2.57. The number of carbonyl (C=O) groups is 1. The van der Waals surface area contributed by atoms with Crippen LogP contribution in [0.4, 0.5) is 0 Å². The van der Waals surface area contributed by atoms with Crippen molar-refractivity contribution in [3.05, 3.63) is 40.8 Å². The highest BCUT2D eigenvalue weighted by molar-refractivity contribution is 5.79. The Labute approximate surface area is 136 Å². The molecule has 2 aromatic rings. The van der Waals surface area contributed by atoms with Gasteiger partial charge in [-0.15, -0.1) is 0 Å². The largest absolute Gasteiger partial charge is 0.355 e. The third kappa shape index (κ3) is 4.63. The maximum absolute atomic E-state index is 12.1. The first kappa shape index (κ1) is 17.1. The number of nitrogens with zero attached hydrogens (tertiary/aromatic N) is 3. The smallest absolute Gasteiger partial charge is 0.269 e. The van der Waals surface area contributed by atoms with Crippen LogP contribution in [-0.2, 0) is 11.3 Å². The van der Waals surface area contributed by atoms with Gasteiger partial charge >= 0.3 is 0 Å². The molecule has 1 heterocycles. The normalized spacial score (nSPS) is 11.1. The number of benzene rings is 1. The van der Waals surface area contributed by atoms with E-state index in [9.17, 15) is 9.59 Å². The molecule has 1 amide bonds. The summed E-state index contributed by atoms with van der Waals surface area (Å²) in [5, 5.41) is 2.88. The molecule has 0 aliphatic heterocycles. The first-order valence-corrected chi connectivity index (χ1v) is 8.09. The van der Waals surface area contributed by atoms with Crippen molar-refractivity contribution >= 4 is 16.9 Å². The number of nitrogens with one attached hydrogen (secondary N) is 1. The Morgan fingerprint density at radius 1 is 1.26 bits per heavy atom. The van der Waals surface area contributed by atoms with Gasteiger partial charge in [0.05, 0.1) is 17.2 Å². The molecular formula is C17H24N4O2. The van der Waals surface area contributed by atoms with Gasteiger partial charge in [-0.05, 0) is 38.2 Å². The van der Waals surface area contributed by atoms with E-state index in [-0.39, 0.29) is 18.0 Å². The summed E-state index contributed by atoms with van der Waals surface area (Å²) in [6, 6.07) is 7.32. The van der Waals surface area contributed by atoms with Crippen LogP contribution in [0.25, 0.3) is 11.0 Å². The number of aromatic nitrogens is 2. The van der Waals surface area contributed by atoms with E-state index >= 15 is 0 Å². The van der Waals surface area contributed by atoms with Gasteiger partial charge in [0, 0.05) is 6.54 Å². The molecule has 0 bridgehead atoms. The summed E-state index contributed by atoms with van der Waals surface area (Å²) >= 11 is 0. The Hall–Kier alpha value is -2.21. The Balaban J connectivity index is 1.93. The summed E-state index contributed by atoms with van der Waals surface area (Å²) in [6.45, 7) is 7.89. The maximum atomic E-state index is 12.1. The lowest BCUT2D eigenvalue weighted by Gasteiger charge is -2.17. The van der Waals surface area contributed by atoms with Gasteiger partial charge in [0.25, 0.3) is 5.56 Å². The molecule has 1 N–H and O–H groups in total. The van der Waals surface area contributed by atoms with Crippen LogP contribution in [0.1, 0.15) is 20.3 Å². The van der Waals surface area contributed by atoms with Crippen LogP contribution in [0, 0.1) is 0 Å². The lowest BCUT2D eigenvalue weighted by molar-refractivity contribution is -0.121. The number of amides is 1. The highest BCUT2D eigenvalue weighted by Crippen LogP contribution is 2.07. The third-order valence-electron chi connectivity index (χ3n) is 3.92. The van der Waals surface area contributed by atoms with Crippen molar-refractivity contribution in [1.29, 1.82) is 0 Å². The quantitative estimate of drug-likeness (QED) is 0.744. The second-order valence-electron chi connectivity index (χ2n) is 5.40. The molecule has 2 rings (SSSR count). The van der Waals surface area contributed by atoms with Crippen molar-refractivity contribution in [2.45, 2.75) is 26.8 Å². The number of fused-ring (bicyclic) bond motifs is 1. The van der Waals surface area contributed by atoms with Gasteiger partial charge in [0.15, 0.2) is 0 Å². The Morgan fingerprint density at radius 3 is 2.74 bits per heavy atom. The molecule has 0 saturated heterocycles. The topological polar surface area (TPSA) is 67.2 Å². The van der Waals surface area contributed by atoms with E-state index in [0.717, 1.165) is 26.1 Å². The van der Waals surface area contributed by atoms with E-state index in [1.807, 2.05) is 18.2 Å². The average molecular weight is 316 g/mol. The van der Waals surface area contributed by atoms with Gasteiger partial charge in [-0.2, -0.15) is 0 Å². The summed E-state index contributed by atoms with van der Waals surface area (Å²) in [5.74, 6) is -0.150. The second-order valence-corrected chi connectivity index (χ2v) is 5.40. The fraction of sp³-hybridized carbons (Fsp3) is 0.471. The van der Waals surface area contributed by atoms with Crippen molar-refractivity contribution < 1.29 is 4.79 Å². The first-order valence-electron chi connectivity index (χ1n) is 8.09. The van der Waals surface area contributed by atoms with Crippen LogP contribution in [0.15, 0.2) is 35.3 Å². The van der Waals surface area contributed by atoms with Crippen molar-refractivity contribution in [2.75, 3.05) is 26.2 Å². The lowest BCUT2D eigenvalue weighted by atomic mass is 10.3. The number of para-hydroxylation sites is 2. The van der Waals surface area contributed by atoms with Crippen LogP contribution >= 0.6 is 0 Å². The second kappa shape index (κ2) is 8.43. The molecule has 23 heavy (non-hydrogen) atoms. The molecule has 124 valence electrons. The predicted molar refractivity (Wildman–Crippen MR) is 91.4 cm³/mol. The van der Waals surface area contributed by atoms with Crippen LogP contribution in [-0.4, -0.2) is 46.5 Å². The standard InChI is InChI=1S/C17H24N4O2/c1-3-20(4-2)11-7-10-18-16(22)13-21-15-9-6-5-8-14(15)19-12-17(21)23/h5-6,8-9,12H,3-4,7,10-11,13H2,1-2H3,(H,18,22). The zero-order valence-corrected chi connectivity index (χ0v) is 13.8. The first-order chi connectivity index (χ1) is 11.2. The van der Waals surface area contributed by atoms with E-state index in [0.29, 0.717) is 17.6 Å². The molecule has 6 nitrogen and oxygen atoms in total. The van der Waals surface area contributed by atoms with Gasteiger partial charge in [-0.1, -0.05) is 26.0 Å². The molecule has 0 radical (unpaired) electrons. The fourth-order valence-electron chi connectivity index (χ4n) is 2.55. The maximum Gasteiger partial charge on any atom is 0.269 e. The number of carbonyl (C=O) groups excluding carboxylic acids is 1. The van der Waals surface area contributed by atoms with Crippen molar-refractivity contribution in [3.8, 4) is 0 Å². The van der Waals surface area contributed by atoms with Gasteiger partial charge in [0.2, 0.25) is 5.91 Å². The van der Waals surface area contributed by atoms with Crippen LogP contribution in [0.3, 0.4) is 0 Å². The molecule has 1 aromatic carbocycles. The van der Waals surface area contributed by atoms with Gasteiger partial charge in [-0.25, -0.2) is 4.98 Å². The molecule has 0 spiro atoms. The highest BCUT2D eigenvalue weighted by Gasteiger charge is 2.08. The van der Waals surface area contributed by atoms with E-state index < -0.39 is 0 Å². The molecule has 0 aliphatic carbocycles. The number of hydrogen-bond acceptors (Lipinski definition) is 4. The highest BCUT2D eigenvalue weighted by atomic mass is 16.2. The summed E-state index contributed by atoms with van der Waals surface area (Å²) < 4.78 is 1.46. The Bertz CT molecular complexity index is 707. The summed E-state index contributed by atoms with van der Waals surface area (Å²) in [5.41, 5.74) is 1.13. The van der Waals surface area contributed by atoms with Gasteiger partial charge in [-0.3, -0.25) is 14.2 Å². The lowest BCUT2D eigenvalue weighted by Crippen LogP contribution is -2.34. The molecule has 1 aromatic heterocycles. The molecule has 6 heteroatoms. The zero-order chi connectivity index (χ0) is 16.7. The SMILES string of the molecule is CCN(CC)CCCNC(=O)Cn1c(=O)cnc2ccccc21. The molecule has 0 unspecified atom stereocenters. The predicted octanol–water partition coefficient (Wildman–Crippen LogP) is 1.24. The summed E-state index contributed by atoms with van der Waals surface area (Å²) in [4.78, 5) is 30.5. The van der Waals surface area contributed by atoms with E-state index in [1.54, 1.807) is 6.07 Å². The van der Waals surface area contributed by atoms with Crippen molar-refractivity contribution in [2.24, 2.45) is 0 Å². The third-order valence-corrected chi connectivity index (χ3v) is 3.92. The minimum Gasteiger partial charge on any atom is -0.355 e. The molecule has 0 fully saturated rings. The van der Waals surface area contributed by atoms with Gasteiger partial charge in [0.1, 0.15) is 6.54 Å². The minimum absolute atomic E-state index is 0.0210. The minimum atomic E-state index is -0.262. The Morgan fingerprint density at radius 2 is 2.00 bits per heavy atom. The van der Waals surface area contributed by atoms with Crippen molar-refractivity contribution in [1.82, 2.24) is 19.8 Å². The molecule has 0 aliphatic rings. The van der Waals surface area contributed by atoms with E-state index in [4.69, 9.17) is 0 Å². The van der Waals surface area contributed by atoms with Crippen LogP contribution in [0.2, 0.25) is 0 Å². The van der Waals surface area contributed by atoms with Crippen LogP contribution < -0.4 is 10.9 Å².